The van der Waals surface area contributed by atoms with Crippen LogP contribution in [0.4, 0.5) is 5.69 Å². The maximum absolute atomic E-state index is 5.54. The van der Waals surface area contributed by atoms with E-state index in [2.05, 4.69) is 20.8 Å². The number of benzene rings is 1. The molecule has 0 radical (unpaired) electrons. The Labute approximate surface area is 177 Å². The first-order valence-corrected chi connectivity index (χ1v) is 8.79. The molecule has 150 valence electrons. The van der Waals surface area contributed by atoms with Gasteiger partial charge in [0.25, 0.3) is 0 Å². The molecule has 0 unspecified atom stereocenters. The predicted molar refractivity (Wildman–Crippen MR) is 119 cm³/mol. The van der Waals surface area contributed by atoms with E-state index in [9.17, 15) is 0 Å². The van der Waals surface area contributed by atoms with Gasteiger partial charge in [0, 0.05) is 30.9 Å². The lowest BCUT2D eigenvalue weighted by molar-refractivity contribution is 0.311. The van der Waals surface area contributed by atoms with Crippen LogP contribution in [0.1, 0.15) is 30.4 Å². The number of nitrogens with zero attached hydrogens (tertiary/aromatic N) is 2. The van der Waals surface area contributed by atoms with Crippen LogP contribution in [0.2, 0.25) is 0 Å². The first-order valence-electron chi connectivity index (χ1n) is 8.79. The van der Waals surface area contributed by atoms with Crippen molar-refractivity contribution in [2.24, 2.45) is 4.99 Å². The Hall–Kier alpha value is -1.97. The van der Waals surface area contributed by atoms with Crippen molar-refractivity contribution in [1.82, 2.24) is 10.5 Å². The van der Waals surface area contributed by atoms with Gasteiger partial charge in [-0.15, -0.1) is 24.0 Å². The molecule has 0 saturated heterocycles. The second-order valence-corrected chi connectivity index (χ2v) is 5.83. The van der Waals surface area contributed by atoms with Crippen molar-refractivity contribution in [2.45, 2.75) is 33.6 Å². The standard InChI is InChI=1S/C19H28N4O3.HI/c1-6-25-17-10-9-15(12-18(17)24-5)22-19(20-4)21-11-7-8-16-13(2)23-26-14(16)3;/h9-10,12H,6-8,11H2,1-5H3,(H2,20,21,22);1H. The molecule has 0 amide bonds. The molecule has 0 fully saturated rings. The summed E-state index contributed by atoms with van der Waals surface area (Å²) in [5.41, 5.74) is 3.03. The topological polar surface area (TPSA) is 80.9 Å². The van der Waals surface area contributed by atoms with Gasteiger partial charge in [0.1, 0.15) is 5.76 Å². The predicted octanol–water partition coefficient (Wildman–Crippen LogP) is 3.94. The average molecular weight is 488 g/mol. The molecular weight excluding hydrogens is 459 g/mol. The molecule has 0 atom stereocenters. The number of aryl methyl sites for hydroxylation is 2. The van der Waals surface area contributed by atoms with E-state index >= 15 is 0 Å². The third-order valence-corrected chi connectivity index (χ3v) is 4.03. The van der Waals surface area contributed by atoms with Gasteiger partial charge in [0.05, 0.1) is 19.4 Å². The quantitative estimate of drug-likeness (QED) is 0.254. The van der Waals surface area contributed by atoms with Crippen LogP contribution in [0.3, 0.4) is 0 Å². The van der Waals surface area contributed by atoms with Gasteiger partial charge < -0.3 is 24.6 Å². The lowest BCUT2D eigenvalue weighted by Gasteiger charge is -2.14. The van der Waals surface area contributed by atoms with Crippen molar-refractivity contribution >= 4 is 35.6 Å². The Kier molecular flexibility index (Phi) is 9.98. The molecule has 1 aromatic carbocycles. The van der Waals surface area contributed by atoms with Crippen LogP contribution in [0.5, 0.6) is 11.5 Å². The highest BCUT2D eigenvalue weighted by atomic mass is 127. The van der Waals surface area contributed by atoms with Crippen molar-refractivity contribution in [3.05, 3.63) is 35.2 Å². The summed E-state index contributed by atoms with van der Waals surface area (Å²) in [4.78, 5) is 4.26. The number of aliphatic imine (C=N–C) groups is 1. The van der Waals surface area contributed by atoms with Gasteiger partial charge in [-0.05, 0) is 45.7 Å². The van der Waals surface area contributed by atoms with E-state index in [1.54, 1.807) is 14.2 Å². The number of halogens is 1. The summed E-state index contributed by atoms with van der Waals surface area (Å²) >= 11 is 0. The van der Waals surface area contributed by atoms with Crippen LogP contribution in [0, 0.1) is 13.8 Å². The number of guanidine groups is 1. The van der Waals surface area contributed by atoms with Crippen molar-refractivity contribution in [3.8, 4) is 11.5 Å². The summed E-state index contributed by atoms with van der Waals surface area (Å²) < 4.78 is 16.1. The SMILES string of the molecule is CCOc1ccc(NC(=NC)NCCCc2c(C)noc2C)cc1OC.I. The molecule has 2 N–H and O–H groups in total. The Bertz CT molecular complexity index is 727. The van der Waals surface area contributed by atoms with E-state index in [0.717, 1.165) is 42.3 Å². The lowest BCUT2D eigenvalue weighted by Crippen LogP contribution is -2.31. The molecule has 2 aromatic rings. The van der Waals surface area contributed by atoms with E-state index in [1.165, 1.54) is 5.56 Å². The summed E-state index contributed by atoms with van der Waals surface area (Å²) in [7, 11) is 3.37. The highest BCUT2D eigenvalue weighted by molar-refractivity contribution is 14.0. The molecule has 7 nitrogen and oxygen atoms in total. The average Bonchev–Trinajstić information content (AvgIpc) is 2.97. The minimum atomic E-state index is 0. The van der Waals surface area contributed by atoms with Crippen molar-refractivity contribution in [3.63, 3.8) is 0 Å². The number of ether oxygens (including phenoxy) is 2. The van der Waals surface area contributed by atoms with E-state index in [4.69, 9.17) is 14.0 Å². The number of anilines is 1. The van der Waals surface area contributed by atoms with Crippen LogP contribution in [0.25, 0.3) is 0 Å². The fraction of sp³-hybridized carbons (Fsp3) is 0.474. The van der Waals surface area contributed by atoms with Gasteiger partial charge >= 0.3 is 0 Å². The number of methoxy groups -OCH3 is 1. The summed E-state index contributed by atoms with van der Waals surface area (Å²) in [6, 6.07) is 5.71. The van der Waals surface area contributed by atoms with Crippen molar-refractivity contribution < 1.29 is 14.0 Å². The number of hydrogen-bond donors (Lipinski definition) is 2. The number of aromatic nitrogens is 1. The van der Waals surface area contributed by atoms with Gasteiger partial charge in [-0.1, -0.05) is 5.16 Å². The molecule has 0 aliphatic carbocycles. The monoisotopic (exact) mass is 488 g/mol. The second kappa shape index (κ2) is 11.7. The minimum Gasteiger partial charge on any atom is -0.493 e. The maximum Gasteiger partial charge on any atom is 0.195 e. The highest BCUT2D eigenvalue weighted by Gasteiger charge is 2.09. The highest BCUT2D eigenvalue weighted by Crippen LogP contribution is 2.30. The zero-order chi connectivity index (χ0) is 18.9. The fourth-order valence-corrected chi connectivity index (χ4v) is 2.67. The van der Waals surface area contributed by atoms with Crippen molar-refractivity contribution in [1.29, 1.82) is 0 Å². The first-order chi connectivity index (χ1) is 12.6. The van der Waals surface area contributed by atoms with Gasteiger partial charge in [0.15, 0.2) is 17.5 Å². The third-order valence-electron chi connectivity index (χ3n) is 4.03. The molecule has 27 heavy (non-hydrogen) atoms. The number of rotatable bonds is 8. The van der Waals surface area contributed by atoms with Crippen molar-refractivity contribution in [2.75, 3.05) is 32.6 Å². The first kappa shape index (κ1) is 23.1. The molecule has 2 rings (SSSR count). The van der Waals surface area contributed by atoms with Gasteiger partial charge in [-0.3, -0.25) is 4.99 Å². The van der Waals surface area contributed by atoms with Gasteiger partial charge in [-0.25, -0.2) is 0 Å². The molecule has 1 heterocycles. The second-order valence-electron chi connectivity index (χ2n) is 5.83. The Morgan fingerprint density at radius 1 is 1.26 bits per heavy atom. The van der Waals surface area contributed by atoms with E-state index in [1.807, 2.05) is 39.0 Å². The summed E-state index contributed by atoms with van der Waals surface area (Å²) in [6.07, 6.45) is 1.87. The zero-order valence-electron chi connectivity index (χ0n) is 16.6. The summed E-state index contributed by atoms with van der Waals surface area (Å²) in [5.74, 6) is 3.01. The third kappa shape index (κ3) is 6.60. The fourth-order valence-electron chi connectivity index (χ4n) is 2.67. The van der Waals surface area contributed by atoms with E-state index < -0.39 is 0 Å². The van der Waals surface area contributed by atoms with E-state index in [0.29, 0.717) is 18.3 Å². The van der Waals surface area contributed by atoms with Crippen LogP contribution < -0.4 is 20.1 Å². The molecule has 0 aliphatic rings. The molecular formula is C19H29IN4O3. The normalized spacial score (nSPS) is 10.9. The molecule has 1 aromatic heterocycles. The van der Waals surface area contributed by atoms with Crippen LogP contribution in [0.15, 0.2) is 27.7 Å². The molecule has 0 bridgehead atoms. The van der Waals surface area contributed by atoms with Crippen LogP contribution in [-0.2, 0) is 6.42 Å². The smallest absolute Gasteiger partial charge is 0.195 e. The lowest BCUT2D eigenvalue weighted by atomic mass is 10.1. The number of hydrogen-bond acceptors (Lipinski definition) is 5. The van der Waals surface area contributed by atoms with E-state index in [-0.39, 0.29) is 24.0 Å². The zero-order valence-corrected chi connectivity index (χ0v) is 18.9. The van der Waals surface area contributed by atoms with Crippen LogP contribution in [-0.4, -0.2) is 38.4 Å². The molecule has 0 spiro atoms. The maximum atomic E-state index is 5.54. The van der Waals surface area contributed by atoms with Gasteiger partial charge in [0.2, 0.25) is 0 Å². The molecule has 0 aliphatic heterocycles. The Morgan fingerprint density at radius 3 is 2.63 bits per heavy atom. The summed E-state index contributed by atoms with van der Waals surface area (Å²) in [5, 5.41) is 10.6. The largest absolute Gasteiger partial charge is 0.493 e. The van der Waals surface area contributed by atoms with Gasteiger partial charge in [-0.2, -0.15) is 0 Å². The Morgan fingerprint density at radius 2 is 2.04 bits per heavy atom. The Balaban J connectivity index is 0.00000364. The van der Waals surface area contributed by atoms with Crippen LogP contribution >= 0.6 is 24.0 Å². The minimum absolute atomic E-state index is 0. The molecule has 0 saturated carbocycles. The summed E-state index contributed by atoms with van der Waals surface area (Å²) in [6.45, 7) is 7.25. The molecule has 8 heteroatoms. The number of nitrogens with one attached hydrogen (secondary N) is 2.